The highest BCUT2D eigenvalue weighted by molar-refractivity contribution is 5.88. The molecule has 10 nitrogen and oxygen atoms in total. The molecule has 3 saturated heterocycles. The minimum Gasteiger partial charge on any atom is -0.457 e. The second-order valence-electron chi connectivity index (χ2n) is 24.4. The van der Waals surface area contributed by atoms with Crippen molar-refractivity contribution in [1.82, 2.24) is 5.32 Å². The van der Waals surface area contributed by atoms with E-state index < -0.39 is 5.41 Å². The number of ether oxygens (including phenoxy) is 1. The highest BCUT2D eigenvalue weighted by atomic mass is 16.5. The molecule has 0 aromatic heterocycles. The molecule has 3 amide bonds. The van der Waals surface area contributed by atoms with Gasteiger partial charge in [-0.2, -0.15) is 0 Å². The molecule has 0 bridgehead atoms. The third kappa shape index (κ3) is 15.7. The summed E-state index contributed by atoms with van der Waals surface area (Å²) in [6.07, 6.45) is 4.54. The Kier molecular flexibility index (Phi) is 21.7. The number of carbonyl (C=O) groups excluding carboxylic acids is 3. The maximum absolute atomic E-state index is 13.3. The van der Waals surface area contributed by atoms with Crippen molar-refractivity contribution in [2.24, 2.45) is 52.7 Å². The van der Waals surface area contributed by atoms with Crippen LogP contribution in [0.5, 0.6) is 11.5 Å². The number of rotatable bonds is 18. The Hall–Kier alpha value is -8.47. The summed E-state index contributed by atoms with van der Waals surface area (Å²) in [5, 5.41) is 3.54. The molecule has 0 aliphatic carbocycles. The molecular formula is C76H88N6O4. The van der Waals surface area contributed by atoms with E-state index in [2.05, 4.69) is 162 Å². The smallest absolute Gasteiger partial charge is 0.228 e. The van der Waals surface area contributed by atoms with Crippen LogP contribution in [-0.2, 0) is 32.6 Å². The Morgan fingerprint density at radius 2 is 0.953 bits per heavy atom. The predicted octanol–water partition coefficient (Wildman–Crippen LogP) is 13.9. The van der Waals surface area contributed by atoms with Crippen LogP contribution in [-0.4, -0.2) is 57.0 Å². The molecule has 0 radical (unpaired) electrons. The van der Waals surface area contributed by atoms with Crippen LogP contribution in [0.2, 0.25) is 0 Å². The molecule has 3 aliphatic rings. The van der Waals surface area contributed by atoms with E-state index in [0.717, 1.165) is 93.3 Å². The standard InChI is InChI=1S/C26H28N2O2.C26H28N2O.C24H32N2O/c1-19(26(27)29)24-15-16-28(18-25(24)20-9-4-2-5-10-20)21-11-8-14-23(17-21)30-22-12-6-3-7-13-22;27-25(29)26(22-14-8-3-9-15-22,18-20-10-4-1-5-11-20)24-16-17-28-19-23(24)21-12-6-2-7-13-21;1-17(2)15-19-9-11-21(12-10-19)26-14-13-22(18(3)24(25)27)23(16-26)20-7-5-4-6-8-20/h2-14,17,19,24-25H,15-16,18H2,1H3,(H2,27,29);1-15,23-24,28H,16-19H2,(H2,27,29);4-12,17-18,22-23H,13-16H2,1-3H3,(H2,25,27). The summed E-state index contributed by atoms with van der Waals surface area (Å²) in [7, 11) is 0. The van der Waals surface area contributed by atoms with Gasteiger partial charge in [0.25, 0.3) is 0 Å². The Labute approximate surface area is 511 Å². The molecule has 86 heavy (non-hydrogen) atoms. The number of primary amides is 3. The number of nitrogens with two attached hydrogens (primary N) is 3. The quantitative estimate of drug-likeness (QED) is 0.0666. The second-order valence-corrected chi connectivity index (χ2v) is 24.4. The highest BCUT2D eigenvalue weighted by Crippen LogP contribution is 2.47. The van der Waals surface area contributed by atoms with E-state index in [1.54, 1.807) is 0 Å². The van der Waals surface area contributed by atoms with Gasteiger partial charge in [0, 0.05) is 79.8 Å². The van der Waals surface area contributed by atoms with Gasteiger partial charge < -0.3 is 37.1 Å². The van der Waals surface area contributed by atoms with Gasteiger partial charge in [0.1, 0.15) is 11.5 Å². The van der Waals surface area contributed by atoms with Crippen molar-refractivity contribution in [2.45, 2.75) is 83.0 Å². The summed E-state index contributed by atoms with van der Waals surface area (Å²) < 4.78 is 6.02. The van der Waals surface area contributed by atoms with Gasteiger partial charge in [-0.25, -0.2) is 0 Å². The van der Waals surface area contributed by atoms with Crippen LogP contribution in [0.3, 0.4) is 0 Å². The summed E-state index contributed by atoms with van der Waals surface area (Å²) in [5.74, 6) is 2.87. The maximum atomic E-state index is 13.3. The van der Waals surface area contributed by atoms with Gasteiger partial charge in [-0.05, 0) is 132 Å². The van der Waals surface area contributed by atoms with E-state index >= 15 is 0 Å². The van der Waals surface area contributed by atoms with E-state index in [0.29, 0.717) is 24.2 Å². The lowest BCUT2D eigenvalue weighted by Crippen LogP contribution is -2.54. The van der Waals surface area contributed by atoms with Gasteiger partial charge in [-0.3, -0.25) is 14.4 Å². The van der Waals surface area contributed by atoms with Crippen molar-refractivity contribution in [2.75, 3.05) is 49.1 Å². The van der Waals surface area contributed by atoms with Gasteiger partial charge in [-0.15, -0.1) is 0 Å². The third-order valence-electron chi connectivity index (χ3n) is 18.5. The fourth-order valence-electron chi connectivity index (χ4n) is 13.8. The largest absolute Gasteiger partial charge is 0.457 e. The molecule has 9 unspecified atom stereocenters. The lowest BCUT2D eigenvalue weighted by molar-refractivity contribution is -0.126. The Balaban J connectivity index is 0.000000154. The fourth-order valence-corrected chi connectivity index (χ4v) is 13.8. The summed E-state index contributed by atoms with van der Waals surface area (Å²) in [6, 6.07) is 79.0. The number of nitrogens with one attached hydrogen (secondary N) is 1. The predicted molar refractivity (Wildman–Crippen MR) is 351 cm³/mol. The average Bonchev–Trinajstić information content (AvgIpc) is 2.95. The molecule has 11 rings (SSSR count). The van der Waals surface area contributed by atoms with Crippen LogP contribution in [0.25, 0.3) is 0 Å². The van der Waals surface area contributed by atoms with E-state index in [9.17, 15) is 14.4 Å². The molecule has 3 aliphatic heterocycles. The molecular weight excluding hydrogens is 1060 g/mol. The molecule has 3 heterocycles. The van der Waals surface area contributed by atoms with E-state index in [-0.39, 0.29) is 53.2 Å². The van der Waals surface area contributed by atoms with Crippen LogP contribution in [0, 0.1) is 35.5 Å². The van der Waals surface area contributed by atoms with E-state index in [1.807, 2.05) is 111 Å². The van der Waals surface area contributed by atoms with Gasteiger partial charge >= 0.3 is 0 Å². The molecule has 8 aromatic rings. The minimum absolute atomic E-state index is 0.106. The van der Waals surface area contributed by atoms with Crippen molar-refractivity contribution in [3.05, 3.63) is 264 Å². The topological polar surface area (TPSA) is 157 Å². The zero-order valence-electron chi connectivity index (χ0n) is 50.7. The van der Waals surface area contributed by atoms with Crippen LogP contribution >= 0.6 is 0 Å². The van der Waals surface area contributed by atoms with Crippen LogP contribution < -0.4 is 37.1 Å². The molecule has 3 fully saturated rings. The number of para-hydroxylation sites is 1. The van der Waals surface area contributed by atoms with Crippen molar-refractivity contribution < 1.29 is 19.1 Å². The zero-order valence-corrected chi connectivity index (χ0v) is 50.7. The third-order valence-corrected chi connectivity index (χ3v) is 18.5. The van der Waals surface area contributed by atoms with Gasteiger partial charge in [0.2, 0.25) is 17.7 Å². The highest BCUT2D eigenvalue weighted by Gasteiger charge is 2.50. The summed E-state index contributed by atoms with van der Waals surface area (Å²) in [4.78, 5) is 42.0. The van der Waals surface area contributed by atoms with Gasteiger partial charge in [0.05, 0.1) is 5.41 Å². The average molecular weight is 1150 g/mol. The van der Waals surface area contributed by atoms with Crippen LogP contribution in [0.15, 0.2) is 231 Å². The first-order valence-electron chi connectivity index (χ1n) is 31.0. The maximum Gasteiger partial charge on any atom is 0.228 e. The Morgan fingerprint density at radius 1 is 0.500 bits per heavy atom. The SMILES string of the molecule is CC(C(N)=O)C1CCN(c2cccc(Oc3ccccc3)c2)CC1c1ccccc1.CC(C)Cc1ccc(N2CCC(C(C)C(N)=O)C(c3ccccc3)C2)cc1.NC(=O)C(Cc1ccccc1)(c1ccccc1)C1CCNCC1c1ccccc1. The number of hydrogen-bond donors (Lipinski definition) is 4. The molecule has 0 spiro atoms. The molecule has 7 N–H and O–H groups in total. The number of carbonyl (C=O) groups is 3. The first-order valence-corrected chi connectivity index (χ1v) is 31.0. The summed E-state index contributed by atoms with van der Waals surface area (Å²) >= 11 is 0. The molecule has 0 saturated carbocycles. The lowest BCUT2D eigenvalue weighted by Gasteiger charge is -2.45. The van der Waals surface area contributed by atoms with Crippen LogP contribution in [0.4, 0.5) is 11.4 Å². The number of anilines is 2. The fraction of sp³-hybridized carbons (Fsp3) is 0.329. The second kappa shape index (κ2) is 30.1. The summed E-state index contributed by atoms with van der Waals surface area (Å²) in [5.41, 5.74) is 26.6. The number of piperidine rings is 3. The first-order chi connectivity index (χ1) is 41.8. The van der Waals surface area contributed by atoms with E-state index in [1.165, 1.54) is 27.9 Å². The van der Waals surface area contributed by atoms with Crippen molar-refractivity contribution >= 4 is 29.1 Å². The number of nitrogens with zero attached hydrogens (tertiary/aromatic N) is 2. The Bertz CT molecular complexity index is 3350. The van der Waals surface area contributed by atoms with Crippen LogP contribution in [0.1, 0.15) is 98.1 Å². The summed E-state index contributed by atoms with van der Waals surface area (Å²) in [6.45, 7) is 13.8. The van der Waals surface area contributed by atoms with Crippen molar-refractivity contribution in [1.29, 1.82) is 0 Å². The monoisotopic (exact) mass is 1150 g/mol. The van der Waals surface area contributed by atoms with Gasteiger partial charge in [0.15, 0.2) is 0 Å². The minimum atomic E-state index is -0.759. The molecule has 9 atom stereocenters. The van der Waals surface area contributed by atoms with Crippen molar-refractivity contribution in [3.63, 3.8) is 0 Å². The number of amides is 3. The molecule has 10 heteroatoms. The molecule has 446 valence electrons. The Morgan fingerprint density at radius 3 is 1.44 bits per heavy atom. The number of hydrogen-bond acceptors (Lipinski definition) is 7. The van der Waals surface area contributed by atoms with E-state index in [4.69, 9.17) is 21.9 Å². The molecule has 8 aromatic carbocycles. The van der Waals surface area contributed by atoms with Crippen molar-refractivity contribution in [3.8, 4) is 11.5 Å². The zero-order chi connectivity index (χ0) is 60.4. The first kappa shape index (κ1) is 62.1. The van der Waals surface area contributed by atoms with Gasteiger partial charge in [-0.1, -0.05) is 216 Å². The number of benzene rings is 8. The normalized spacial score (nSPS) is 20.8. The lowest BCUT2D eigenvalue weighted by atomic mass is 9.59.